The average Bonchev–Trinajstić information content (AvgIpc) is 2.99. The quantitative estimate of drug-likeness (QED) is 0.624. The summed E-state index contributed by atoms with van der Waals surface area (Å²) in [6.07, 6.45) is 3.54. The Hall–Kier alpha value is -2.73. The summed E-state index contributed by atoms with van der Waals surface area (Å²) in [6.45, 7) is 1.28. The summed E-state index contributed by atoms with van der Waals surface area (Å²) >= 11 is 0. The van der Waals surface area contributed by atoms with Crippen LogP contribution >= 0.6 is 0 Å². The minimum absolute atomic E-state index is 0.176. The Balaban J connectivity index is 1.94. The van der Waals surface area contributed by atoms with E-state index in [1.807, 2.05) is 37.4 Å². The number of nitrogens with zero attached hydrogens (tertiary/aromatic N) is 2. The largest absolute Gasteiger partial charge is 0.349 e. The van der Waals surface area contributed by atoms with Gasteiger partial charge in [-0.3, -0.25) is 14.9 Å². The molecular weight excluding hydrogens is 278 g/mol. The van der Waals surface area contributed by atoms with Crippen molar-refractivity contribution in [2.45, 2.75) is 0 Å². The molecule has 1 amide bonds. The van der Waals surface area contributed by atoms with Crippen molar-refractivity contribution in [1.82, 2.24) is 25.8 Å². The third-order valence-corrected chi connectivity index (χ3v) is 3.43. The van der Waals surface area contributed by atoms with Gasteiger partial charge in [-0.05, 0) is 30.8 Å². The zero-order valence-electron chi connectivity index (χ0n) is 12.3. The van der Waals surface area contributed by atoms with Crippen molar-refractivity contribution in [1.29, 1.82) is 0 Å². The number of rotatable bonds is 5. The number of hydrogen-bond acceptors (Lipinski definition) is 4. The molecule has 0 atom stereocenters. The van der Waals surface area contributed by atoms with Crippen LogP contribution < -0.4 is 10.6 Å². The van der Waals surface area contributed by atoms with E-state index in [0.717, 1.165) is 28.6 Å². The van der Waals surface area contributed by atoms with Crippen molar-refractivity contribution in [3.8, 4) is 11.1 Å². The number of H-pyrrole nitrogens is 1. The van der Waals surface area contributed by atoms with Crippen molar-refractivity contribution in [2.75, 3.05) is 20.1 Å². The molecule has 3 aromatic rings. The smallest absolute Gasteiger partial charge is 0.272 e. The fraction of sp³-hybridized carbons (Fsp3) is 0.188. The molecule has 2 aromatic heterocycles. The third kappa shape index (κ3) is 2.82. The number of carbonyl (C=O) groups excluding carboxylic acids is 1. The summed E-state index contributed by atoms with van der Waals surface area (Å²) in [7, 11) is 1.84. The van der Waals surface area contributed by atoms with Gasteiger partial charge in [-0.15, -0.1) is 0 Å². The summed E-state index contributed by atoms with van der Waals surface area (Å²) in [5.41, 5.74) is 3.27. The van der Waals surface area contributed by atoms with E-state index in [4.69, 9.17) is 0 Å². The van der Waals surface area contributed by atoms with Gasteiger partial charge >= 0.3 is 0 Å². The van der Waals surface area contributed by atoms with Crippen LogP contribution in [-0.2, 0) is 0 Å². The molecule has 6 nitrogen and oxygen atoms in total. The van der Waals surface area contributed by atoms with Crippen molar-refractivity contribution in [3.63, 3.8) is 0 Å². The number of likely N-dealkylation sites (N-methyl/N-ethyl adjacent to an activating group) is 1. The van der Waals surface area contributed by atoms with Gasteiger partial charge in [0.25, 0.3) is 5.91 Å². The summed E-state index contributed by atoms with van der Waals surface area (Å²) < 4.78 is 0. The van der Waals surface area contributed by atoms with Gasteiger partial charge in [0.1, 0.15) is 0 Å². The summed E-state index contributed by atoms with van der Waals surface area (Å²) in [4.78, 5) is 16.3. The molecule has 22 heavy (non-hydrogen) atoms. The number of carbonyl (C=O) groups is 1. The molecule has 1 aromatic carbocycles. The highest BCUT2D eigenvalue weighted by atomic mass is 16.1. The highest BCUT2D eigenvalue weighted by Gasteiger charge is 2.14. The summed E-state index contributed by atoms with van der Waals surface area (Å²) in [5.74, 6) is -0.176. The Labute approximate surface area is 128 Å². The Morgan fingerprint density at radius 3 is 2.91 bits per heavy atom. The molecule has 0 spiro atoms. The monoisotopic (exact) mass is 295 g/mol. The summed E-state index contributed by atoms with van der Waals surface area (Å²) in [5, 5.41) is 13.7. The number of amides is 1. The number of aromatic nitrogens is 3. The van der Waals surface area contributed by atoms with E-state index in [1.54, 1.807) is 12.4 Å². The summed E-state index contributed by atoms with van der Waals surface area (Å²) in [6, 6.07) is 9.75. The Morgan fingerprint density at radius 1 is 1.23 bits per heavy atom. The first-order valence-corrected chi connectivity index (χ1v) is 7.11. The number of nitrogens with one attached hydrogen (secondary N) is 3. The molecule has 112 valence electrons. The molecule has 0 unspecified atom stereocenters. The molecule has 0 saturated heterocycles. The average molecular weight is 295 g/mol. The first-order chi connectivity index (χ1) is 10.8. The molecule has 0 fully saturated rings. The topological polar surface area (TPSA) is 82.7 Å². The second-order valence-electron chi connectivity index (χ2n) is 4.93. The first kappa shape index (κ1) is 14.2. The third-order valence-electron chi connectivity index (χ3n) is 3.43. The van der Waals surface area contributed by atoms with Crippen LogP contribution in [0.4, 0.5) is 0 Å². The van der Waals surface area contributed by atoms with E-state index >= 15 is 0 Å². The molecule has 0 bridgehead atoms. The van der Waals surface area contributed by atoms with E-state index in [9.17, 15) is 4.79 Å². The highest BCUT2D eigenvalue weighted by molar-refractivity contribution is 6.05. The zero-order valence-corrected chi connectivity index (χ0v) is 12.3. The lowest BCUT2D eigenvalue weighted by Gasteiger charge is -2.04. The number of benzene rings is 1. The number of aromatic amines is 1. The number of fused-ring (bicyclic) bond motifs is 1. The molecule has 3 N–H and O–H groups in total. The number of hydrogen-bond donors (Lipinski definition) is 3. The van der Waals surface area contributed by atoms with Gasteiger partial charge in [0.05, 0.1) is 5.52 Å². The lowest BCUT2D eigenvalue weighted by molar-refractivity contribution is 0.0951. The second-order valence-corrected chi connectivity index (χ2v) is 4.93. The van der Waals surface area contributed by atoms with Crippen molar-refractivity contribution in [3.05, 3.63) is 48.4 Å². The maximum atomic E-state index is 12.2. The van der Waals surface area contributed by atoms with Gasteiger partial charge in [-0.1, -0.05) is 12.1 Å². The molecule has 0 radical (unpaired) electrons. The van der Waals surface area contributed by atoms with Crippen LogP contribution in [0.3, 0.4) is 0 Å². The van der Waals surface area contributed by atoms with Gasteiger partial charge in [-0.2, -0.15) is 5.10 Å². The van der Waals surface area contributed by atoms with Crippen molar-refractivity contribution < 1.29 is 4.79 Å². The minimum Gasteiger partial charge on any atom is -0.349 e. The molecular formula is C16H17N5O. The van der Waals surface area contributed by atoms with Crippen LogP contribution in [0.15, 0.2) is 42.7 Å². The van der Waals surface area contributed by atoms with Gasteiger partial charge in [0, 0.05) is 36.4 Å². The molecule has 6 heteroatoms. The van der Waals surface area contributed by atoms with Gasteiger partial charge in [-0.25, -0.2) is 0 Å². The molecule has 0 aliphatic heterocycles. The SMILES string of the molecule is CNCCNC(=O)c1n[nH]c2ccc(-c3cccnc3)cc12. The zero-order chi connectivity index (χ0) is 15.4. The lowest BCUT2D eigenvalue weighted by atomic mass is 10.0. The first-order valence-electron chi connectivity index (χ1n) is 7.11. The normalized spacial score (nSPS) is 10.8. The van der Waals surface area contributed by atoms with Crippen LogP contribution in [0.2, 0.25) is 0 Å². The second kappa shape index (κ2) is 6.36. The highest BCUT2D eigenvalue weighted by Crippen LogP contribution is 2.24. The van der Waals surface area contributed by atoms with Crippen LogP contribution in [0.25, 0.3) is 22.0 Å². The van der Waals surface area contributed by atoms with Crippen molar-refractivity contribution >= 4 is 16.8 Å². The maximum Gasteiger partial charge on any atom is 0.272 e. The van der Waals surface area contributed by atoms with Crippen LogP contribution in [-0.4, -0.2) is 41.2 Å². The van der Waals surface area contributed by atoms with Crippen LogP contribution in [0.1, 0.15) is 10.5 Å². The van der Waals surface area contributed by atoms with Gasteiger partial charge in [0.15, 0.2) is 5.69 Å². The van der Waals surface area contributed by atoms with Crippen LogP contribution in [0.5, 0.6) is 0 Å². The Kier molecular flexibility index (Phi) is 4.11. The predicted molar refractivity (Wildman–Crippen MR) is 85.6 cm³/mol. The maximum absolute atomic E-state index is 12.2. The van der Waals surface area contributed by atoms with E-state index in [1.165, 1.54) is 0 Å². The predicted octanol–water partition coefficient (Wildman–Crippen LogP) is 1.57. The van der Waals surface area contributed by atoms with Gasteiger partial charge in [0.2, 0.25) is 0 Å². The van der Waals surface area contributed by atoms with E-state index in [2.05, 4.69) is 25.8 Å². The van der Waals surface area contributed by atoms with E-state index in [0.29, 0.717) is 12.2 Å². The fourth-order valence-electron chi connectivity index (χ4n) is 2.28. The van der Waals surface area contributed by atoms with E-state index < -0.39 is 0 Å². The van der Waals surface area contributed by atoms with E-state index in [-0.39, 0.29) is 5.91 Å². The standard InChI is InChI=1S/C16H17N5O/c1-17-7-8-19-16(22)15-13-9-11(4-5-14(13)20-21-15)12-3-2-6-18-10-12/h2-6,9-10,17H,7-8H2,1H3,(H,19,22)(H,20,21). The molecule has 2 heterocycles. The molecule has 0 aliphatic carbocycles. The van der Waals surface area contributed by atoms with Crippen LogP contribution in [0, 0.1) is 0 Å². The fourth-order valence-corrected chi connectivity index (χ4v) is 2.28. The number of pyridine rings is 1. The van der Waals surface area contributed by atoms with Gasteiger partial charge < -0.3 is 10.6 Å². The minimum atomic E-state index is -0.176. The molecule has 3 rings (SSSR count). The molecule has 0 aliphatic rings. The Morgan fingerprint density at radius 2 is 2.14 bits per heavy atom. The molecule has 0 saturated carbocycles. The Bertz CT molecular complexity index is 782. The lowest BCUT2D eigenvalue weighted by Crippen LogP contribution is -2.30. The van der Waals surface area contributed by atoms with Crippen molar-refractivity contribution in [2.24, 2.45) is 0 Å².